The van der Waals surface area contributed by atoms with Gasteiger partial charge in [-0.15, -0.1) is 4.83 Å². The van der Waals surface area contributed by atoms with E-state index in [0.717, 1.165) is 5.56 Å². The number of hydrogen-bond acceptors (Lipinski definition) is 3. The van der Waals surface area contributed by atoms with Gasteiger partial charge in [-0.2, -0.15) is 0 Å². The predicted octanol–water partition coefficient (Wildman–Crippen LogP) is 3.12. The monoisotopic (exact) mass is 290 g/mol. The van der Waals surface area contributed by atoms with Crippen LogP contribution in [0.25, 0.3) is 0 Å². The Balaban J connectivity index is 2.10. The van der Waals surface area contributed by atoms with Crippen molar-refractivity contribution in [1.82, 2.24) is 4.83 Å². The van der Waals surface area contributed by atoms with E-state index in [1.807, 2.05) is 30.3 Å². The molecule has 5 heteroatoms. The molecule has 0 saturated carbocycles. The van der Waals surface area contributed by atoms with E-state index in [1.54, 1.807) is 24.3 Å². The molecule has 20 heavy (non-hydrogen) atoms. The molecule has 0 aliphatic rings. The van der Waals surface area contributed by atoms with Crippen LogP contribution in [0, 0.1) is 0 Å². The molecule has 0 aromatic heterocycles. The van der Waals surface area contributed by atoms with Crippen molar-refractivity contribution in [2.45, 2.75) is 24.7 Å². The number of sulfonamides is 1. The minimum absolute atomic E-state index is 0.241. The molecule has 0 saturated heterocycles. The molecule has 0 radical (unpaired) electrons. The lowest BCUT2D eigenvalue weighted by Gasteiger charge is -2.10. The summed E-state index contributed by atoms with van der Waals surface area (Å²) >= 11 is 0. The second-order valence-electron chi connectivity index (χ2n) is 4.82. The second kappa shape index (κ2) is 6.07. The van der Waals surface area contributed by atoms with Crippen LogP contribution in [0.1, 0.15) is 25.3 Å². The van der Waals surface area contributed by atoms with E-state index in [0.29, 0.717) is 11.6 Å². The minimum atomic E-state index is -3.56. The molecule has 0 unspecified atom stereocenters. The summed E-state index contributed by atoms with van der Waals surface area (Å²) in [4.78, 5) is 2.60. The molecule has 0 bridgehead atoms. The smallest absolute Gasteiger partial charge is 0.257 e. The van der Waals surface area contributed by atoms with Crippen LogP contribution in [0.15, 0.2) is 59.5 Å². The average Bonchev–Trinajstić information content (AvgIpc) is 2.46. The lowest BCUT2D eigenvalue weighted by molar-refractivity contribution is 0.587. The number of nitrogens with one attached hydrogen (secondary N) is 2. The van der Waals surface area contributed by atoms with Gasteiger partial charge in [-0.3, -0.25) is 0 Å². The van der Waals surface area contributed by atoms with E-state index >= 15 is 0 Å². The standard InChI is InChI=1S/C15H18N2O2S/c1-12(2)13-8-10-15(11-9-13)20(18,19)17-16-14-6-4-3-5-7-14/h3-12,16-17H,1-2H3. The highest BCUT2D eigenvalue weighted by molar-refractivity contribution is 7.89. The minimum Gasteiger partial charge on any atom is -0.308 e. The first-order valence-electron chi connectivity index (χ1n) is 6.42. The van der Waals surface area contributed by atoms with E-state index in [9.17, 15) is 8.42 Å². The molecule has 4 nitrogen and oxygen atoms in total. The number of anilines is 1. The Morgan fingerprint density at radius 3 is 2.05 bits per heavy atom. The van der Waals surface area contributed by atoms with Crippen LogP contribution in [0.2, 0.25) is 0 Å². The fourth-order valence-electron chi connectivity index (χ4n) is 1.74. The maximum Gasteiger partial charge on any atom is 0.257 e. The van der Waals surface area contributed by atoms with Crippen molar-refractivity contribution < 1.29 is 8.42 Å². The molecule has 2 aromatic rings. The largest absolute Gasteiger partial charge is 0.308 e. The van der Waals surface area contributed by atoms with Gasteiger partial charge in [0.15, 0.2) is 0 Å². The highest BCUT2D eigenvalue weighted by Crippen LogP contribution is 2.17. The second-order valence-corrected chi connectivity index (χ2v) is 6.50. The topological polar surface area (TPSA) is 58.2 Å². The van der Waals surface area contributed by atoms with Gasteiger partial charge in [0, 0.05) is 5.69 Å². The van der Waals surface area contributed by atoms with Crippen molar-refractivity contribution in [3.8, 4) is 0 Å². The Kier molecular flexibility index (Phi) is 4.42. The summed E-state index contributed by atoms with van der Waals surface area (Å²) in [5.74, 6) is 0.377. The quantitative estimate of drug-likeness (QED) is 0.832. The van der Waals surface area contributed by atoms with Gasteiger partial charge in [0.25, 0.3) is 10.0 Å². The van der Waals surface area contributed by atoms with Crippen molar-refractivity contribution in [2.75, 3.05) is 5.43 Å². The zero-order valence-corrected chi connectivity index (χ0v) is 12.3. The molecule has 0 spiro atoms. The Bertz CT molecular complexity index is 650. The van der Waals surface area contributed by atoms with Crippen LogP contribution < -0.4 is 10.3 Å². The summed E-state index contributed by atoms with van der Waals surface area (Å²) in [7, 11) is -3.56. The van der Waals surface area contributed by atoms with E-state index in [4.69, 9.17) is 0 Å². The maximum absolute atomic E-state index is 12.1. The number of rotatable bonds is 5. The van der Waals surface area contributed by atoms with Crippen molar-refractivity contribution in [2.24, 2.45) is 0 Å². The Morgan fingerprint density at radius 1 is 0.900 bits per heavy atom. The van der Waals surface area contributed by atoms with Gasteiger partial charge in [0.1, 0.15) is 0 Å². The number of para-hydroxylation sites is 1. The first-order valence-corrected chi connectivity index (χ1v) is 7.90. The zero-order chi connectivity index (χ0) is 14.6. The van der Waals surface area contributed by atoms with Gasteiger partial charge in [-0.05, 0) is 35.7 Å². The van der Waals surface area contributed by atoms with Crippen molar-refractivity contribution in [3.63, 3.8) is 0 Å². The lowest BCUT2D eigenvalue weighted by Crippen LogP contribution is -2.29. The fourth-order valence-corrected chi connectivity index (χ4v) is 2.60. The predicted molar refractivity (Wildman–Crippen MR) is 80.9 cm³/mol. The van der Waals surface area contributed by atoms with E-state index in [2.05, 4.69) is 24.1 Å². The highest BCUT2D eigenvalue weighted by atomic mass is 32.2. The van der Waals surface area contributed by atoms with Crippen molar-refractivity contribution >= 4 is 15.7 Å². The molecule has 2 aromatic carbocycles. The van der Waals surface area contributed by atoms with E-state index < -0.39 is 10.0 Å². The van der Waals surface area contributed by atoms with Crippen LogP contribution in [0.5, 0.6) is 0 Å². The SMILES string of the molecule is CC(C)c1ccc(S(=O)(=O)NNc2ccccc2)cc1. The summed E-state index contributed by atoms with van der Waals surface area (Å²) in [6.07, 6.45) is 0. The van der Waals surface area contributed by atoms with Gasteiger partial charge in [0.2, 0.25) is 0 Å². The normalized spacial score (nSPS) is 11.6. The molecule has 0 aliphatic carbocycles. The molecular weight excluding hydrogens is 272 g/mol. The molecule has 0 fully saturated rings. The van der Waals surface area contributed by atoms with Crippen molar-refractivity contribution in [3.05, 3.63) is 60.2 Å². The number of hydrogen-bond donors (Lipinski definition) is 2. The van der Waals surface area contributed by atoms with Gasteiger partial charge in [0.05, 0.1) is 4.90 Å². The molecule has 0 heterocycles. The lowest BCUT2D eigenvalue weighted by atomic mass is 10.0. The molecule has 0 amide bonds. The molecular formula is C15H18N2O2S. The Hall–Kier alpha value is -1.85. The average molecular weight is 290 g/mol. The molecule has 2 rings (SSSR count). The van der Waals surface area contributed by atoms with Crippen LogP contribution in [-0.4, -0.2) is 8.42 Å². The summed E-state index contributed by atoms with van der Waals surface area (Å²) in [6, 6.07) is 16.0. The number of hydrazine groups is 1. The molecule has 106 valence electrons. The third-order valence-electron chi connectivity index (χ3n) is 2.96. The van der Waals surface area contributed by atoms with Crippen LogP contribution in [-0.2, 0) is 10.0 Å². The van der Waals surface area contributed by atoms with Gasteiger partial charge in [-0.25, -0.2) is 8.42 Å². The summed E-state index contributed by atoms with van der Waals surface area (Å²) in [6.45, 7) is 4.14. The van der Waals surface area contributed by atoms with E-state index in [1.165, 1.54) is 0 Å². The van der Waals surface area contributed by atoms with Crippen molar-refractivity contribution in [1.29, 1.82) is 0 Å². The summed E-state index contributed by atoms with van der Waals surface area (Å²) in [5, 5.41) is 0. The fraction of sp³-hybridized carbons (Fsp3) is 0.200. The molecule has 2 N–H and O–H groups in total. The number of benzene rings is 2. The van der Waals surface area contributed by atoms with E-state index in [-0.39, 0.29) is 4.90 Å². The highest BCUT2D eigenvalue weighted by Gasteiger charge is 2.13. The van der Waals surface area contributed by atoms with Gasteiger partial charge in [-0.1, -0.05) is 44.2 Å². The first-order chi connectivity index (χ1) is 9.49. The van der Waals surface area contributed by atoms with Crippen LogP contribution >= 0.6 is 0 Å². The Morgan fingerprint density at radius 2 is 1.50 bits per heavy atom. The van der Waals surface area contributed by atoms with Crippen LogP contribution in [0.3, 0.4) is 0 Å². The third kappa shape index (κ3) is 3.59. The molecule has 0 aliphatic heterocycles. The summed E-state index contributed by atoms with van der Waals surface area (Å²) in [5.41, 5.74) is 4.48. The first kappa shape index (κ1) is 14.6. The maximum atomic E-state index is 12.1. The zero-order valence-electron chi connectivity index (χ0n) is 11.5. The molecule has 0 atom stereocenters. The third-order valence-corrected chi connectivity index (χ3v) is 4.22. The van der Waals surface area contributed by atoms with Crippen LogP contribution in [0.4, 0.5) is 5.69 Å². The van der Waals surface area contributed by atoms with Gasteiger partial charge < -0.3 is 5.43 Å². The summed E-state index contributed by atoms with van der Waals surface area (Å²) < 4.78 is 24.2. The van der Waals surface area contributed by atoms with Gasteiger partial charge >= 0.3 is 0 Å². The Labute approximate surface area is 119 Å².